The fourth-order valence-electron chi connectivity index (χ4n) is 3.32. The minimum Gasteiger partial charge on any atom is -0.363 e. The summed E-state index contributed by atoms with van der Waals surface area (Å²) in [7, 11) is 1.94. The second-order valence-corrected chi connectivity index (χ2v) is 6.73. The smallest absolute Gasteiger partial charge is 0.286 e. The number of amides is 1. The Morgan fingerprint density at radius 3 is 2.28 bits per heavy atom. The maximum Gasteiger partial charge on any atom is 0.286 e. The highest BCUT2D eigenvalue weighted by atomic mass is 16.1. The van der Waals surface area contributed by atoms with Gasteiger partial charge < -0.3 is 11.1 Å². The van der Waals surface area contributed by atoms with Crippen LogP contribution in [-0.2, 0) is 6.54 Å². The van der Waals surface area contributed by atoms with Crippen LogP contribution >= 0.6 is 0 Å². The molecule has 0 aliphatic carbocycles. The molecule has 0 aliphatic heterocycles. The predicted molar refractivity (Wildman–Crippen MR) is 114 cm³/mol. The van der Waals surface area contributed by atoms with Gasteiger partial charge in [0.1, 0.15) is 0 Å². The van der Waals surface area contributed by atoms with E-state index < -0.39 is 5.91 Å². The van der Waals surface area contributed by atoms with Gasteiger partial charge in [-0.3, -0.25) is 9.89 Å². The third-order valence-corrected chi connectivity index (χ3v) is 4.72. The summed E-state index contributed by atoms with van der Waals surface area (Å²) in [4.78, 5) is 15.5. The van der Waals surface area contributed by atoms with Gasteiger partial charge in [-0.25, -0.2) is 4.98 Å². The van der Waals surface area contributed by atoms with Crippen molar-refractivity contribution in [2.45, 2.75) is 6.54 Å². The van der Waals surface area contributed by atoms with Gasteiger partial charge in [0.05, 0.1) is 0 Å². The zero-order chi connectivity index (χ0) is 20.2. The van der Waals surface area contributed by atoms with Crippen LogP contribution in [0.15, 0.2) is 72.8 Å². The molecule has 0 radical (unpaired) electrons. The quantitative estimate of drug-likeness (QED) is 0.474. The van der Waals surface area contributed by atoms with Crippen LogP contribution in [-0.4, -0.2) is 28.1 Å². The SMILES string of the molecule is CNCc1ccc(-c2ccccc2-c2cccc(-c3n[nH]c(C(N)=O)n3)c2)cc1. The summed E-state index contributed by atoms with van der Waals surface area (Å²) in [5.41, 5.74) is 11.8. The molecule has 1 amide bonds. The first-order valence-corrected chi connectivity index (χ1v) is 9.31. The standard InChI is InChI=1S/C23H21N5O/c1-25-14-15-9-11-16(12-10-15)19-7-2-3-8-20(19)17-5-4-6-18(13-17)22-26-23(21(24)29)28-27-22/h2-13,25H,14H2,1H3,(H2,24,29)(H,26,27,28). The van der Waals surface area contributed by atoms with E-state index in [9.17, 15) is 4.79 Å². The molecule has 6 heteroatoms. The fraction of sp³-hybridized carbons (Fsp3) is 0.0870. The number of rotatable bonds is 6. The van der Waals surface area contributed by atoms with Crippen molar-refractivity contribution >= 4 is 5.91 Å². The van der Waals surface area contributed by atoms with Crippen molar-refractivity contribution in [3.05, 3.63) is 84.2 Å². The molecule has 4 aromatic rings. The number of aromatic amines is 1. The van der Waals surface area contributed by atoms with Gasteiger partial charge in [0.15, 0.2) is 5.82 Å². The number of hydrogen-bond acceptors (Lipinski definition) is 4. The first-order valence-electron chi connectivity index (χ1n) is 9.31. The zero-order valence-electron chi connectivity index (χ0n) is 16.0. The highest BCUT2D eigenvalue weighted by Crippen LogP contribution is 2.33. The molecule has 0 fully saturated rings. The van der Waals surface area contributed by atoms with E-state index in [1.54, 1.807) is 0 Å². The van der Waals surface area contributed by atoms with Gasteiger partial charge in [-0.1, -0.05) is 66.7 Å². The Morgan fingerprint density at radius 1 is 0.931 bits per heavy atom. The van der Waals surface area contributed by atoms with Gasteiger partial charge >= 0.3 is 0 Å². The molecule has 0 saturated carbocycles. The summed E-state index contributed by atoms with van der Waals surface area (Å²) >= 11 is 0. The van der Waals surface area contributed by atoms with Gasteiger partial charge in [-0.05, 0) is 40.9 Å². The molecule has 0 aliphatic rings. The number of nitrogens with zero attached hydrogens (tertiary/aromatic N) is 2. The third-order valence-electron chi connectivity index (χ3n) is 4.72. The third kappa shape index (κ3) is 3.93. The van der Waals surface area contributed by atoms with Crippen LogP contribution in [0.5, 0.6) is 0 Å². The Balaban J connectivity index is 1.73. The first kappa shape index (κ1) is 18.6. The summed E-state index contributed by atoms with van der Waals surface area (Å²) < 4.78 is 0. The number of benzene rings is 3. The van der Waals surface area contributed by atoms with Crippen LogP contribution in [0.1, 0.15) is 16.2 Å². The number of hydrogen-bond donors (Lipinski definition) is 3. The molecule has 0 unspecified atom stereocenters. The second kappa shape index (κ2) is 8.08. The molecule has 4 rings (SSSR count). The second-order valence-electron chi connectivity index (χ2n) is 6.73. The average molecular weight is 383 g/mol. The number of aromatic nitrogens is 3. The lowest BCUT2D eigenvalue weighted by atomic mass is 9.93. The summed E-state index contributed by atoms with van der Waals surface area (Å²) in [6.07, 6.45) is 0. The molecule has 144 valence electrons. The molecule has 3 aromatic carbocycles. The van der Waals surface area contributed by atoms with E-state index in [1.165, 1.54) is 5.56 Å². The van der Waals surface area contributed by atoms with E-state index in [2.05, 4.69) is 63.0 Å². The molecular formula is C23H21N5O. The number of nitrogens with one attached hydrogen (secondary N) is 2. The molecule has 1 aromatic heterocycles. The molecule has 4 N–H and O–H groups in total. The molecule has 0 saturated heterocycles. The topological polar surface area (TPSA) is 96.7 Å². The first-order chi connectivity index (χ1) is 14.2. The Labute approximate surface area is 168 Å². The van der Waals surface area contributed by atoms with Crippen LogP contribution in [0, 0.1) is 0 Å². The lowest BCUT2D eigenvalue weighted by molar-refractivity contribution is 0.0991. The highest BCUT2D eigenvalue weighted by molar-refractivity contribution is 5.89. The van der Waals surface area contributed by atoms with Gasteiger partial charge in [-0.2, -0.15) is 5.10 Å². The van der Waals surface area contributed by atoms with E-state index in [0.717, 1.165) is 34.4 Å². The van der Waals surface area contributed by atoms with E-state index in [-0.39, 0.29) is 5.82 Å². The largest absolute Gasteiger partial charge is 0.363 e. The predicted octanol–water partition coefficient (Wildman–Crippen LogP) is 3.62. The molecule has 0 spiro atoms. The monoisotopic (exact) mass is 383 g/mol. The van der Waals surface area contributed by atoms with Crippen LogP contribution < -0.4 is 11.1 Å². The van der Waals surface area contributed by atoms with E-state index in [4.69, 9.17) is 5.73 Å². The zero-order valence-corrected chi connectivity index (χ0v) is 16.0. The number of H-pyrrole nitrogens is 1. The number of carbonyl (C=O) groups excluding carboxylic acids is 1. The van der Waals surface area contributed by atoms with Crippen molar-refractivity contribution in [3.8, 4) is 33.6 Å². The Morgan fingerprint density at radius 2 is 1.62 bits per heavy atom. The van der Waals surface area contributed by atoms with Crippen LogP contribution in [0.3, 0.4) is 0 Å². The lowest BCUT2D eigenvalue weighted by Crippen LogP contribution is -2.12. The van der Waals surface area contributed by atoms with E-state index >= 15 is 0 Å². The Bertz CT molecular complexity index is 1150. The van der Waals surface area contributed by atoms with Crippen molar-refractivity contribution in [1.29, 1.82) is 0 Å². The van der Waals surface area contributed by atoms with Crippen molar-refractivity contribution in [1.82, 2.24) is 20.5 Å². The minimum atomic E-state index is -0.632. The van der Waals surface area contributed by atoms with Gasteiger partial charge in [-0.15, -0.1) is 0 Å². The van der Waals surface area contributed by atoms with Crippen molar-refractivity contribution < 1.29 is 4.79 Å². The minimum absolute atomic E-state index is 0.0486. The van der Waals surface area contributed by atoms with Gasteiger partial charge in [0.2, 0.25) is 5.82 Å². The number of primary amides is 1. The van der Waals surface area contributed by atoms with Crippen LogP contribution in [0.4, 0.5) is 0 Å². The molecule has 0 bridgehead atoms. The molecular weight excluding hydrogens is 362 g/mol. The summed E-state index contributed by atoms with van der Waals surface area (Å²) in [6, 6.07) is 24.8. The average Bonchev–Trinajstić information content (AvgIpc) is 3.26. The van der Waals surface area contributed by atoms with Crippen molar-refractivity contribution in [2.24, 2.45) is 5.73 Å². The lowest BCUT2D eigenvalue weighted by Gasteiger charge is -2.11. The van der Waals surface area contributed by atoms with Crippen molar-refractivity contribution in [3.63, 3.8) is 0 Å². The number of carbonyl (C=O) groups is 1. The normalized spacial score (nSPS) is 10.8. The maximum absolute atomic E-state index is 11.3. The van der Waals surface area contributed by atoms with Crippen LogP contribution in [0.25, 0.3) is 33.6 Å². The van der Waals surface area contributed by atoms with Crippen molar-refractivity contribution in [2.75, 3.05) is 7.05 Å². The van der Waals surface area contributed by atoms with Crippen LogP contribution in [0.2, 0.25) is 0 Å². The summed E-state index contributed by atoms with van der Waals surface area (Å²) in [6.45, 7) is 0.841. The summed E-state index contributed by atoms with van der Waals surface area (Å²) in [5, 5.41) is 9.85. The maximum atomic E-state index is 11.3. The van der Waals surface area contributed by atoms with Gasteiger partial charge in [0.25, 0.3) is 5.91 Å². The van der Waals surface area contributed by atoms with E-state index in [0.29, 0.717) is 5.82 Å². The van der Waals surface area contributed by atoms with E-state index in [1.807, 2.05) is 37.4 Å². The molecule has 29 heavy (non-hydrogen) atoms. The Hall–Kier alpha value is -3.77. The fourth-order valence-corrected chi connectivity index (χ4v) is 3.32. The molecule has 1 heterocycles. The summed E-state index contributed by atoms with van der Waals surface area (Å²) in [5.74, 6) is -0.144. The molecule has 0 atom stereocenters. The number of nitrogens with two attached hydrogens (primary N) is 1. The Kier molecular flexibility index (Phi) is 5.18. The highest BCUT2D eigenvalue weighted by Gasteiger charge is 2.12. The molecule has 6 nitrogen and oxygen atoms in total. The van der Waals surface area contributed by atoms with Gasteiger partial charge in [0, 0.05) is 12.1 Å².